The van der Waals surface area contributed by atoms with E-state index in [1.807, 2.05) is 0 Å². The number of nitrogens with one attached hydrogen (secondary N) is 1. The number of anilines is 2. The van der Waals surface area contributed by atoms with Crippen LogP contribution in [0.4, 0.5) is 11.5 Å². The van der Waals surface area contributed by atoms with Crippen molar-refractivity contribution in [3.63, 3.8) is 0 Å². The molecule has 0 aliphatic heterocycles. The number of ether oxygens (including phenoxy) is 1. The van der Waals surface area contributed by atoms with Crippen molar-refractivity contribution in [2.75, 3.05) is 24.7 Å². The van der Waals surface area contributed by atoms with E-state index in [0.29, 0.717) is 17.1 Å². The maximum absolute atomic E-state index is 11.6. The molecule has 1 aromatic heterocycles. The fourth-order valence-electron chi connectivity index (χ4n) is 2.12. The van der Waals surface area contributed by atoms with E-state index in [9.17, 15) is 4.79 Å². The highest BCUT2D eigenvalue weighted by molar-refractivity contribution is 5.95. The third-order valence-electron chi connectivity index (χ3n) is 3.55. The van der Waals surface area contributed by atoms with Crippen LogP contribution in [0.1, 0.15) is 56.8 Å². The zero-order valence-corrected chi connectivity index (χ0v) is 13.5. The van der Waals surface area contributed by atoms with Crippen molar-refractivity contribution in [1.29, 1.82) is 0 Å². The summed E-state index contributed by atoms with van der Waals surface area (Å²) in [6, 6.07) is 1.64. The summed E-state index contributed by atoms with van der Waals surface area (Å²) in [5, 5.41) is 3.28. The van der Waals surface area contributed by atoms with Gasteiger partial charge in [-0.1, -0.05) is 40.0 Å². The molecule has 0 saturated carbocycles. The van der Waals surface area contributed by atoms with Gasteiger partial charge in [0, 0.05) is 6.54 Å². The molecule has 0 spiro atoms. The minimum atomic E-state index is -0.444. The highest BCUT2D eigenvalue weighted by atomic mass is 16.5. The molecule has 0 saturated heterocycles. The van der Waals surface area contributed by atoms with Crippen molar-refractivity contribution in [2.45, 2.75) is 46.5 Å². The number of hydrogen-bond acceptors (Lipinski definition) is 5. The number of nitrogens with two attached hydrogens (primary N) is 1. The van der Waals surface area contributed by atoms with Crippen LogP contribution in [0.15, 0.2) is 12.3 Å². The number of methoxy groups -OCH3 is 1. The van der Waals surface area contributed by atoms with Gasteiger partial charge in [-0.2, -0.15) is 0 Å². The van der Waals surface area contributed by atoms with E-state index < -0.39 is 5.97 Å². The molecule has 0 aromatic carbocycles. The molecule has 3 N–H and O–H groups in total. The Morgan fingerprint density at radius 1 is 1.43 bits per heavy atom. The summed E-state index contributed by atoms with van der Waals surface area (Å²) < 4.78 is 4.71. The monoisotopic (exact) mass is 293 g/mol. The molecule has 1 aromatic rings. The third-order valence-corrected chi connectivity index (χ3v) is 3.55. The second-order valence-corrected chi connectivity index (χ2v) is 6.12. The van der Waals surface area contributed by atoms with Gasteiger partial charge >= 0.3 is 5.97 Å². The Morgan fingerprint density at radius 3 is 2.76 bits per heavy atom. The van der Waals surface area contributed by atoms with E-state index in [4.69, 9.17) is 10.5 Å². The van der Waals surface area contributed by atoms with Crippen molar-refractivity contribution < 1.29 is 9.53 Å². The van der Waals surface area contributed by atoms with Crippen molar-refractivity contribution in [2.24, 2.45) is 5.41 Å². The maximum Gasteiger partial charge on any atom is 0.340 e. The molecule has 5 heteroatoms. The molecule has 1 rings (SSSR count). The molecular formula is C16H27N3O2. The van der Waals surface area contributed by atoms with Gasteiger partial charge < -0.3 is 15.8 Å². The van der Waals surface area contributed by atoms with Crippen LogP contribution in [0.25, 0.3) is 0 Å². The molecular weight excluding hydrogens is 266 g/mol. The number of carbonyl (C=O) groups excluding carboxylic acids is 1. The van der Waals surface area contributed by atoms with Gasteiger partial charge in [-0.3, -0.25) is 0 Å². The van der Waals surface area contributed by atoms with Crippen LogP contribution in [-0.2, 0) is 4.74 Å². The molecule has 0 atom stereocenters. The van der Waals surface area contributed by atoms with Crippen LogP contribution < -0.4 is 11.1 Å². The van der Waals surface area contributed by atoms with Crippen LogP contribution in [-0.4, -0.2) is 24.6 Å². The van der Waals surface area contributed by atoms with Gasteiger partial charge in [0.2, 0.25) is 0 Å². The quantitative estimate of drug-likeness (QED) is 0.567. The number of pyridine rings is 1. The molecule has 1 heterocycles. The van der Waals surface area contributed by atoms with E-state index in [-0.39, 0.29) is 5.41 Å². The lowest BCUT2D eigenvalue weighted by molar-refractivity contribution is 0.0602. The second-order valence-electron chi connectivity index (χ2n) is 6.12. The van der Waals surface area contributed by atoms with E-state index >= 15 is 0 Å². The number of carbonyl (C=O) groups is 1. The van der Waals surface area contributed by atoms with E-state index in [2.05, 4.69) is 31.1 Å². The minimum Gasteiger partial charge on any atom is -0.465 e. The lowest BCUT2D eigenvalue weighted by Crippen LogP contribution is -2.23. The van der Waals surface area contributed by atoms with Crippen LogP contribution in [0.3, 0.4) is 0 Å². The maximum atomic E-state index is 11.6. The predicted octanol–water partition coefficient (Wildman–Crippen LogP) is 3.47. The highest BCUT2D eigenvalue weighted by Gasteiger charge is 2.18. The number of nitrogens with zero attached hydrogens (tertiary/aromatic N) is 1. The van der Waals surface area contributed by atoms with Crippen molar-refractivity contribution in [1.82, 2.24) is 4.98 Å². The van der Waals surface area contributed by atoms with Crippen molar-refractivity contribution >= 4 is 17.5 Å². The topological polar surface area (TPSA) is 77.2 Å². The van der Waals surface area contributed by atoms with Crippen molar-refractivity contribution in [3.05, 3.63) is 17.8 Å². The zero-order valence-electron chi connectivity index (χ0n) is 13.5. The van der Waals surface area contributed by atoms with Gasteiger partial charge in [0.1, 0.15) is 5.82 Å². The molecule has 0 radical (unpaired) electrons. The SMILES string of the molecule is CCCCCC(C)(C)CNc1cc(C(=O)OC)c(N)cn1. The fraction of sp³-hybridized carbons (Fsp3) is 0.625. The summed E-state index contributed by atoms with van der Waals surface area (Å²) in [5.74, 6) is 0.202. The van der Waals surface area contributed by atoms with E-state index in [1.165, 1.54) is 32.6 Å². The number of aromatic nitrogens is 1. The molecule has 21 heavy (non-hydrogen) atoms. The fourth-order valence-corrected chi connectivity index (χ4v) is 2.12. The van der Waals surface area contributed by atoms with Crippen LogP contribution in [0.5, 0.6) is 0 Å². The summed E-state index contributed by atoms with van der Waals surface area (Å²) in [4.78, 5) is 15.8. The summed E-state index contributed by atoms with van der Waals surface area (Å²) in [6.45, 7) is 7.47. The first-order chi connectivity index (χ1) is 9.89. The van der Waals surface area contributed by atoms with E-state index in [1.54, 1.807) is 6.07 Å². The Kier molecular flexibility index (Phi) is 6.46. The van der Waals surface area contributed by atoms with Gasteiger partial charge in [0.05, 0.1) is 24.6 Å². The lowest BCUT2D eigenvalue weighted by atomic mass is 9.87. The Balaban J connectivity index is 2.65. The molecule has 0 amide bonds. The normalized spacial score (nSPS) is 11.2. The molecule has 0 aliphatic rings. The van der Waals surface area contributed by atoms with Gasteiger partial charge in [0.25, 0.3) is 0 Å². The Labute approximate surface area is 127 Å². The Bertz CT molecular complexity index is 473. The molecule has 0 fully saturated rings. The summed E-state index contributed by atoms with van der Waals surface area (Å²) in [7, 11) is 1.34. The first-order valence-electron chi connectivity index (χ1n) is 7.47. The van der Waals surface area contributed by atoms with Crippen molar-refractivity contribution in [3.8, 4) is 0 Å². The predicted molar refractivity (Wildman–Crippen MR) is 86.4 cm³/mol. The first-order valence-corrected chi connectivity index (χ1v) is 7.47. The number of nitrogen functional groups attached to an aromatic ring is 1. The van der Waals surface area contributed by atoms with Crippen LogP contribution >= 0.6 is 0 Å². The molecule has 118 valence electrons. The highest BCUT2D eigenvalue weighted by Crippen LogP contribution is 2.24. The summed E-state index contributed by atoms with van der Waals surface area (Å²) in [5.41, 5.74) is 6.60. The first kappa shape index (κ1) is 17.3. The number of unbranched alkanes of at least 4 members (excludes halogenated alkanes) is 2. The summed E-state index contributed by atoms with van der Waals surface area (Å²) in [6.07, 6.45) is 6.36. The minimum absolute atomic E-state index is 0.184. The Hall–Kier alpha value is -1.78. The Morgan fingerprint density at radius 2 is 2.14 bits per heavy atom. The smallest absolute Gasteiger partial charge is 0.340 e. The number of esters is 1. The zero-order chi connectivity index (χ0) is 15.9. The average Bonchev–Trinajstić information content (AvgIpc) is 2.46. The van der Waals surface area contributed by atoms with Gasteiger partial charge in [-0.05, 0) is 17.9 Å². The lowest BCUT2D eigenvalue weighted by Gasteiger charge is -2.25. The largest absolute Gasteiger partial charge is 0.465 e. The summed E-state index contributed by atoms with van der Waals surface area (Å²) >= 11 is 0. The van der Waals surface area contributed by atoms with Crippen LogP contribution in [0.2, 0.25) is 0 Å². The standard InChI is InChI=1S/C16H27N3O2/c1-5-6-7-8-16(2,3)11-19-14-9-12(15(20)21-4)13(17)10-18-14/h9-10H,5-8,11,17H2,1-4H3,(H,18,19). The molecule has 0 unspecified atom stereocenters. The van der Waals surface area contributed by atoms with Crippen LogP contribution in [0, 0.1) is 5.41 Å². The number of hydrogen-bond donors (Lipinski definition) is 2. The molecule has 5 nitrogen and oxygen atoms in total. The second kappa shape index (κ2) is 7.86. The number of rotatable bonds is 8. The van der Waals surface area contributed by atoms with E-state index in [0.717, 1.165) is 13.0 Å². The average molecular weight is 293 g/mol. The third kappa shape index (κ3) is 5.61. The van der Waals surface area contributed by atoms with Gasteiger partial charge in [-0.25, -0.2) is 9.78 Å². The molecule has 0 bridgehead atoms. The van der Waals surface area contributed by atoms with Gasteiger partial charge in [-0.15, -0.1) is 0 Å². The van der Waals surface area contributed by atoms with Gasteiger partial charge in [0.15, 0.2) is 0 Å². The molecule has 0 aliphatic carbocycles.